The van der Waals surface area contributed by atoms with E-state index in [1.54, 1.807) is 0 Å². The van der Waals surface area contributed by atoms with Crippen molar-refractivity contribution in [3.05, 3.63) is 0 Å². The van der Waals surface area contributed by atoms with Crippen molar-refractivity contribution in [2.45, 2.75) is 25.9 Å². The Kier molecular flexibility index (Phi) is 3.01. The van der Waals surface area contributed by atoms with E-state index in [0.717, 1.165) is 26.2 Å². The molecule has 2 heteroatoms. The molecule has 1 heterocycles. The lowest BCUT2D eigenvalue weighted by molar-refractivity contribution is -0.0457. The molecule has 1 rings (SSSR count). The first-order chi connectivity index (χ1) is 4.43. The molecule has 0 radical (unpaired) electrons. The van der Waals surface area contributed by atoms with E-state index in [4.69, 9.17) is 9.47 Å². The summed E-state index contributed by atoms with van der Waals surface area (Å²) in [5.41, 5.74) is 0. The summed E-state index contributed by atoms with van der Waals surface area (Å²) in [4.78, 5) is 0. The Morgan fingerprint density at radius 3 is 3.11 bits per heavy atom. The Labute approximate surface area is 56.2 Å². The quantitative estimate of drug-likeness (QED) is 0.559. The SMILES string of the molecule is CCO[C@H]1CCCOC1. The van der Waals surface area contributed by atoms with Crippen LogP contribution in [0.15, 0.2) is 0 Å². The van der Waals surface area contributed by atoms with Crippen LogP contribution in [-0.4, -0.2) is 25.9 Å². The molecule has 2 nitrogen and oxygen atoms in total. The van der Waals surface area contributed by atoms with Gasteiger partial charge < -0.3 is 9.47 Å². The molecule has 0 spiro atoms. The van der Waals surface area contributed by atoms with E-state index in [1.807, 2.05) is 6.92 Å². The van der Waals surface area contributed by atoms with Gasteiger partial charge in [-0.25, -0.2) is 0 Å². The first-order valence-electron chi connectivity index (χ1n) is 3.63. The van der Waals surface area contributed by atoms with Crippen LogP contribution in [0.5, 0.6) is 0 Å². The van der Waals surface area contributed by atoms with Gasteiger partial charge in [0, 0.05) is 13.2 Å². The maximum Gasteiger partial charge on any atom is 0.0809 e. The normalized spacial score (nSPS) is 28.3. The molecule has 1 fully saturated rings. The minimum Gasteiger partial charge on any atom is -0.379 e. The highest BCUT2D eigenvalue weighted by atomic mass is 16.5. The van der Waals surface area contributed by atoms with Crippen LogP contribution in [0.25, 0.3) is 0 Å². The Bertz CT molecular complexity index is 64.6. The summed E-state index contributed by atoms with van der Waals surface area (Å²) in [6, 6.07) is 0. The van der Waals surface area contributed by atoms with E-state index in [0.29, 0.717) is 6.10 Å². The van der Waals surface area contributed by atoms with Crippen LogP contribution in [0.3, 0.4) is 0 Å². The number of hydrogen-bond acceptors (Lipinski definition) is 2. The van der Waals surface area contributed by atoms with Crippen LogP contribution < -0.4 is 0 Å². The summed E-state index contributed by atoms with van der Waals surface area (Å²) in [6.45, 7) is 4.56. The molecule has 0 unspecified atom stereocenters. The summed E-state index contributed by atoms with van der Waals surface area (Å²) >= 11 is 0. The standard InChI is InChI=1S/C7H14O2/c1-2-9-7-4-3-5-8-6-7/h7H,2-6H2,1H3/t7-/m0/s1. The molecule has 1 aliphatic heterocycles. The first kappa shape index (κ1) is 7.03. The second kappa shape index (κ2) is 3.85. The van der Waals surface area contributed by atoms with Crippen LogP contribution in [0.1, 0.15) is 19.8 Å². The summed E-state index contributed by atoms with van der Waals surface area (Å²) in [5.74, 6) is 0. The zero-order valence-corrected chi connectivity index (χ0v) is 5.93. The van der Waals surface area contributed by atoms with Crippen molar-refractivity contribution >= 4 is 0 Å². The second-order valence-electron chi connectivity index (χ2n) is 2.29. The van der Waals surface area contributed by atoms with Crippen molar-refractivity contribution in [2.75, 3.05) is 19.8 Å². The molecular formula is C7H14O2. The van der Waals surface area contributed by atoms with Crippen molar-refractivity contribution < 1.29 is 9.47 Å². The molecule has 0 aliphatic carbocycles. The number of ether oxygens (including phenoxy) is 2. The van der Waals surface area contributed by atoms with E-state index in [2.05, 4.69) is 0 Å². The van der Waals surface area contributed by atoms with E-state index in [9.17, 15) is 0 Å². The molecule has 0 aromatic rings. The fraction of sp³-hybridized carbons (Fsp3) is 1.00. The molecule has 0 saturated carbocycles. The second-order valence-corrected chi connectivity index (χ2v) is 2.29. The fourth-order valence-electron chi connectivity index (χ4n) is 1.08. The largest absolute Gasteiger partial charge is 0.379 e. The van der Waals surface area contributed by atoms with Crippen molar-refractivity contribution in [3.63, 3.8) is 0 Å². The van der Waals surface area contributed by atoms with Gasteiger partial charge in [-0.15, -0.1) is 0 Å². The number of rotatable bonds is 2. The molecule has 0 aromatic heterocycles. The summed E-state index contributed by atoms with van der Waals surface area (Å²) in [5, 5.41) is 0. The van der Waals surface area contributed by atoms with Gasteiger partial charge in [0.25, 0.3) is 0 Å². The monoisotopic (exact) mass is 130 g/mol. The van der Waals surface area contributed by atoms with Crippen LogP contribution >= 0.6 is 0 Å². The smallest absolute Gasteiger partial charge is 0.0809 e. The van der Waals surface area contributed by atoms with Gasteiger partial charge in [0.1, 0.15) is 0 Å². The zero-order valence-electron chi connectivity index (χ0n) is 5.93. The zero-order chi connectivity index (χ0) is 6.53. The highest BCUT2D eigenvalue weighted by molar-refractivity contribution is 4.60. The Morgan fingerprint density at radius 1 is 1.67 bits per heavy atom. The summed E-state index contributed by atoms with van der Waals surface area (Å²) in [7, 11) is 0. The van der Waals surface area contributed by atoms with Crippen molar-refractivity contribution in [1.82, 2.24) is 0 Å². The minimum atomic E-state index is 0.378. The Hall–Kier alpha value is -0.0800. The third-order valence-electron chi connectivity index (χ3n) is 1.52. The summed E-state index contributed by atoms with van der Waals surface area (Å²) in [6.07, 6.45) is 2.71. The average molecular weight is 130 g/mol. The van der Waals surface area contributed by atoms with Gasteiger partial charge in [0.15, 0.2) is 0 Å². The van der Waals surface area contributed by atoms with Crippen molar-refractivity contribution in [1.29, 1.82) is 0 Å². The van der Waals surface area contributed by atoms with Crippen LogP contribution in [0, 0.1) is 0 Å². The molecule has 9 heavy (non-hydrogen) atoms. The predicted octanol–water partition coefficient (Wildman–Crippen LogP) is 1.20. The van der Waals surface area contributed by atoms with Gasteiger partial charge in [0.2, 0.25) is 0 Å². The van der Waals surface area contributed by atoms with Gasteiger partial charge in [-0.1, -0.05) is 0 Å². The molecule has 54 valence electrons. The van der Waals surface area contributed by atoms with E-state index >= 15 is 0 Å². The predicted molar refractivity (Wildman–Crippen MR) is 35.5 cm³/mol. The van der Waals surface area contributed by atoms with Gasteiger partial charge in [-0.2, -0.15) is 0 Å². The Morgan fingerprint density at radius 2 is 2.56 bits per heavy atom. The summed E-state index contributed by atoms with van der Waals surface area (Å²) < 4.78 is 10.6. The van der Waals surface area contributed by atoms with E-state index in [-0.39, 0.29) is 0 Å². The maximum atomic E-state index is 5.36. The lowest BCUT2D eigenvalue weighted by atomic mass is 10.2. The van der Waals surface area contributed by atoms with E-state index in [1.165, 1.54) is 6.42 Å². The third-order valence-corrected chi connectivity index (χ3v) is 1.52. The van der Waals surface area contributed by atoms with Crippen LogP contribution in [0.4, 0.5) is 0 Å². The first-order valence-corrected chi connectivity index (χ1v) is 3.63. The molecule has 0 amide bonds. The molecule has 1 atom stereocenters. The van der Waals surface area contributed by atoms with Gasteiger partial charge in [-0.05, 0) is 19.8 Å². The molecule has 0 N–H and O–H groups in total. The van der Waals surface area contributed by atoms with Gasteiger partial charge >= 0.3 is 0 Å². The molecule has 1 saturated heterocycles. The lowest BCUT2D eigenvalue weighted by Gasteiger charge is -2.21. The fourth-order valence-corrected chi connectivity index (χ4v) is 1.08. The topological polar surface area (TPSA) is 18.5 Å². The van der Waals surface area contributed by atoms with Crippen LogP contribution in [0.2, 0.25) is 0 Å². The van der Waals surface area contributed by atoms with Crippen molar-refractivity contribution in [2.24, 2.45) is 0 Å². The molecular weight excluding hydrogens is 116 g/mol. The maximum absolute atomic E-state index is 5.36. The third kappa shape index (κ3) is 2.33. The molecule has 1 aliphatic rings. The average Bonchev–Trinajstić information content (AvgIpc) is 1.91. The highest BCUT2D eigenvalue weighted by Crippen LogP contribution is 2.08. The number of hydrogen-bond donors (Lipinski definition) is 0. The van der Waals surface area contributed by atoms with E-state index < -0.39 is 0 Å². The Balaban J connectivity index is 2.08. The van der Waals surface area contributed by atoms with Gasteiger partial charge in [-0.3, -0.25) is 0 Å². The minimum absolute atomic E-state index is 0.378. The lowest BCUT2D eigenvalue weighted by Crippen LogP contribution is -2.25. The van der Waals surface area contributed by atoms with Gasteiger partial charge in [0.05, 0.1) is 12.7 Å². The molecule has 0 aromatic carbocycles. The molecule has 0 bridgehead atoms. The van der Waals surface area contributed by atoms with Crippen molar-refractivity contribution in [3.8, 4) is 0 Å². The van der Waals surface area contributed by atoms with Crippen LogP contribution in [-0.2, 0) is 9.47 Å². The highest BCUT2D eigenvalue weighted by Gasteiger charge is 2.12.